The average Bonchev–Trinajstić information content (AvgIpc) is 3.24. The predicted molar refractivity (Wildman–Crippen MR) is 156 cm³/mol. The monoisotopic (exact) mass is 461 g/mol. The van der Waals surface area contributed by atoms with Gasteiger partial charge in [0.25, 0.3) is 0 Å². The molecule has 0 saturated heterocycles. The summed E-state index contributed by atoms with van der Waals surface area (Å²) in [5, 5.41) is 4.27. The van der Waals surface area contributed by atoms with E-state index in [1.54, 1.807) is 11.8 Å². The van der Waals surface area contributed by atoms with Gasteiger partial charge in [-0.2, -0.15) is 0 Å². The van der Waals surface area contributed by atoms with Gasteiger partial charge in [0.15, 0.2) is 0 Å². The van der Waals surface area contributed by atoms with Crippen molar-refractivity contribution in [2.45, 2.75) is 76.2 Å². The third kappa shape index (κ3) is 21.2. The Labute approximate surface area is 205 Å². The number of aliphatic imine (C=N–C) groups is 2. The summed E-state index contributed by atoms with van der Waals surface area (Å²) in [4.78, 5) is 8.37. The first-order valence-electron chi connectivity index (χ1n) is 11.0. The summed E-state index contributed by atoms with van der Waals surface area (Å²) < 4.78 is 0. The van der Waals surface area contributed by atoms with Crippen molar-refractivity contribution >= 4 is 22.5 Å². The van der Waals surface area contributed by atoms with Crippen LogP contribution in [0.1, 0.15) is 76.2 Å². The number of allylic oxidation sites excluding steroid dienone is 8. The van der Waals surface area contributed by atoms with Gasteiger partial charge in [-0.15, -0.1) is 11.8 Å². The zero-order valence-corrected chi connectivity index (χ0v) is 22.6. The first-order valence-corrected chi connectivity index (χ1v) is 12.0. The van der Waals surface area contributed by atoms with Gasteiger partial charge in [-0.3, -0.25) is 9.98 Å². The highest BCUT2D eigenvalue weighted by atomic mass is 32.2. The van der Waals surface area contributed by atoms with Crippen LogP contribution in [0, 0.1) is 5.92 Å². The molecule has 32 heavy (non-hydrogen) atoms. The second-order valence-corrected chi connectivity index (χ2v) is 8.16. The van der Waals surface area contributed by atoms with E-state index in [0.717, 1.165) is 34.9 Å². The smallest absolute Gasteiger partial charge is 0.0676 e. The van der Waals surface area contributed by atoms with Crippen LogP contribution in [0.4, 0.5) is 0 Å². The lowest BCUT2D eigenvalue weighted by atomic mass is 9.98. The number of rotatable bonds is 7. The van der Waals surface area contributed by atoms with Crippen molar-refractivity contribution in [2.24, 2.45) is 15.9 Å². The number of nitrogens with one attached hydrogen (secondary N) is 1. The molecule has 184 valence electrons. The zero-order chi connectivity index (χ0) is 24.8. The maximum atomic E-state index is 4.41. The molecule has 0 unspecified atom stereocenters. The molecule has 0 aromatic rings. The minimum Gasteiger partial charge on any atom is -0.359 e. The van der Waals surface area contributed by atoms with Crippen molar-refractivity contribution < 1.29 is 0 Å². The van der Waals surface area contributed by atoms with Crippen LogP contribution in [0.25, 0.3) is 0 Å². The van der Waals surface area contributed by atoms with Crippen LogP contribution in [0.3, 0.4) is 0 Å². The summed E-state index contributed by atoms with van der Waals surface area (Å²) in [6.45, 7) is 30.0. The fraction of sp³-hybridized carbons (Fsp3) is 0.500. The first-order chi connectivity index (χ1) is 14.7. The summed E-state index contributed by atoms with van der Waals surface area (Å²) in [7, 11) is 1.82. The van der Waals surface area contributed by atoms with E-state index in [-0.39, 0.29) is 7.43 Å². The Morgan fingerprint density at radius 3 is 2.06 bits per heavy atom. The summed E-state index contributed by atoms with van der Waals surface area (Å²) in [5.74, 6) is 1.63. The maximum absolute atomic E-state index is 4.41. The van der Waals surface area contributed by atoms with Crippen LogP contribution in [0.2, 0.25) is 0 Å². The third-order valence-electron chi connectivity index (χ3n) is 3.55. The summed E-state index contributed by atoms with van der Waals surface area (Å²) >= 11 is 1.78. The van der Waals surface area contributed by atoms with Gasteiger partial charge in [-0.05, 0) is 50.5 Å². The fourth-order valence-electron chi connectivity index (χ4n) is 2.06. The van der Waals surface area contributed by atoms with Crippen molar-refractivity contribution in [1.29, 1.82) is 0 Å². The normalized spacial score (nSPS) is 12.6. The van der Waals surface area contributed by atoms with E-state index in [2.05, 4.69) is 61.9 Å². The minimum atomic E-state index is 0. The molecule has 1 aliphatic rings. The first kappa shape index (κ1) is 37.3. The number of hydrogen-bond acceptors (Lipinski definition) is 4. The molecule has 0 atom stereocenters. The summed E-state index contributed by atoms with van der Waals surface area (Å²) in [5.41, 5.74) is 5.01. The van der Waals surface area contributed by atoms with Gasteiger partial charge in [0.05, 0.1) is 16.5 Å². The summed E-state index contributed by atoms with van der Waals surface area (Å²) in [6.07, 6.45) is 10.8. The van der Waals surface area contributed by atoms with Crippen molar-refractivity contribution in [3.63, 3.8) is 0 Å². The highest BCUT2D eigenvalue weighted by molar-refractivity contribution is 8.13. The van der Waals surface area contributed by atoms with Gasteiger partial charge in [0.1, 0.15) is 0 Å². The molecule has 1 aliphatic heterocycles. The molecule has 4 heteroatoms. The molecule has 0 amide bonds. The van der Waals surface area contributed by atoms with Gasteiger partial charge in [0, 0.05) is 25.4 Å². The van der Waals surface area contributed by atoms with Crippen LogP contribution < -0.4 is 5.32 Å². The van der Waals surface area contributed by atoms with Gasteiger partial charge in [-0.25, -0.2) is 0 Å². The molecule has 0 saturated carbocycles. The largest absolute Gasteiger partial charge is 0.359 e. The van der Waals surface area contributed by atoms with E-state index >= 15 is 0 Å². The van der Waals surface area contributed by atoms with Gasteiger partial charge in [-0.1, -0.05) is 86.1 Å². The lowest BCUT2D eigenvalue weighted by molar-refractivity contribution is 0.825. The molecular formula is C28H51N3S. The molecule has 1 N–H and O–H groups in total. The van der Waals surface area contributed by atoms with Crippen LogP contribution in [-0.2, 0) is 0 Å². The van der Waals surface area contributed by atoms with E-state index in [4.69, 9.17) is 0 Å². The number of hydrogen-bond donors (Lipinski definition) is 1. The second kappa shape index (κ2) is 25.2. The number of thioether (sulfide) groups is 1. The highest BCUT2D eigenvalue weighted by Gasteiger charge is 2.15. The van der Waals surface area contributed by atoms with E-state index < -0.39 is 0 Å². The molecule has 0 aromatic heterocycles. The van der Waals surface area contributed by atoms with Crippen molar-refractivity contribution in [3.8, 4) is 0 Å². The fourth-order valence-corrected chi connectivity index (χ4v) is 2.60. The standard InChI is InChI=1S/C16H22N2.C5H11NS.C4H8.C2H6.CH4/c1-7-14(8-11(2)3)15-9-16(17-10-15)13(6)18-12(4)5;1-4-7-5(2)6-3;1-3-4-2;1-2;/h7-8,10-11,18H,1,4,6,9H2,2-3,5H3;4H2,1-3H3;3-4H,1-2H3;1-2H3;1H4/b14-8+;;4-3-;;. The van der Waals surface area contributed by atoms with Crippen molar-refractivity contribution in [1.82, 2.24) is 5.32 Å². The lowest BCUT2D eigenvalue weighted by Crippen LogP contribution is -2.16. The van der Waals surface area contributed by atoms with Crippen molar-refractivity contribution in [3.05, 3.63) is 72.8 Å². The van der Waals surface area contributed by atoms with Crippen LogP contribution in [0.15, 0.2) is 82.8 Å². The Kier molecular flexibility index (Phi) is 29.3. The number of nitrogens with zero attached hydrogens (tertiary/aromatic N) is 2. The van der Waals surface area contributed by atoms with E-state index in [0.29, 0.717) is 5.92 Å². The summed E-state index contributed by atoms with van der Waals surface area (Å²) in [6, 6.07) is 0. The maximum Gasteiger partial charge on any atom is 0.0676 e. The Morgan fingerprint density at radius 2 is 1.75 bits per heavy atom. The molecule has 0 fully saturated rings. The van der Waals surface area contributed by atoms with Gasteiger partial charge in [0.2, 0.25) is 0 Å². The third-order valence-corrected chi connectivity index (χ3v) is 4.44. The zero-order valence-electron chi connectivity index (χ0n) is 21.8. The van der Waals surface area contributed by atoms with Crippen LogP contribution in [-0.4, -0.2) is 23.6 Å². The predicted octanol–water partition coefficient (Wildman–Crippen LogP) is 9.15. The van der Waals surface area contributed by atoms with Gasteiger partial charge < -0.3 is 5.32 Å². The minimum absolute atomic E-state index is 0. The molecule has 3 nitrogen and oxygen atoms in total. The highest BCUT2D eigenvalue weighted by Crippen LogP contribution is 2.24. The van der Waals surface area contributed by atoms with E-state index in [9.17, 15) is 0 Å². The molecule has 1 rings (SSSR count). The molecule has 0 radical (unpaired) electrons. The molecular weight excluding hydrogens is 410 g/mol. The Hall–Kier alpha value is -2.07. The molecule has 0 bridgehead atoms. The molecule has 0 aliphatic carbocycles. The van der Waals surface area contributed by atoms with E-state index in [1.807, 2.05) is 73.0 Å². The molecule has 1 heterocycles. The van der Waals surface area contributed by atoms with Gasteiger partial charge >= 0.3 is 0 Å². The van der Waals surface area contributed by atoms with Crippen LogP contribution in [0.5, 0.6) is 0 Å². The van der Waals surface area contributed by atoms with Crippen LogP contribution >= 0.6 is 11.8 Å². The lowest BCUT2D eigenvalue weighted by Gasteiger charge is -2.10. The Morgan fingerprint density at radius 1 is 1.22 bits per heavy atom. The Balaban J connectivity index is -0.000000233. The van der Waals surface area contributed by atoms with Crippen molar-refractivity contribution in [2.75, 3.05) is 12.8 Å². The Bertz CT molecular complexity index is 671. The quantitative estimate of drug-likeness (QED) is 0.177. The SMILES string of the molecule is C.C/C=C\C.C=C/C(=C\C(C)C)C1=CN=C(C(=C)NC(=C)C)C1.CC.CCSC(C)=NC. The molecule has 0 spiro atoms. The topological polar surface area (TPSA) is 36.8 Å². The average molecular weight is 462 g/mol. The second-order valence-electron chi connectivity index (χ2n) is 6.70. The molecule has 0 aromatic carbocycles. The van der Waals surface area contributed by atoms with E-state index in [1.165, 1.54) is 10.6 Å².